The van der Waals surface area contributed by atoms with Gasteiger partial charge in [-0.15, -0.1) is 0 Å². The highest BCUT2D eigenvalue weighted by Crippen LogP contribution is 2.43. The Morgan fingerprint density at radius 2 is 1.08 bits per heavy atom. The molecule has 51 heavy (non-hydrogen) atoms. The normalized spacial score (nSPS) is 11.5. The molecule has 0 fully saturated rings. The van der Waals surface area contributed by atoms with Gasteiger partial charge in [-0.1, -0.05) is 164 Å². The second-order valence-electron chi connectivity index (χ2n) is 12.5. The second-order valence-corrected chi connectivity index (χ2v) is 12.5. The number of fused-ring (bicyclic) bond motifs is 5. The van der Waals surface area contributed by atoms with Crippen molar-refractivity contribution in [2.24, 2.45) is 0 Å². The van der Waals surface area contributed by atoms with Gasteiger partial charge in [0.2, 0.25) is 0 Å². The quantitative estimate of drug-likeness (QED) is 0.161. The van der Waals surface area contributed by atoms with Gasteiger partial charge < -0.3 is 4.42 Å². The van der Waals surface area contributed by atoms with Crippen molar-refractivity contribution in [3.63, 3.8) is 0 Å². The highest BCUT2D eigenvalue weighted by molar-refractivity contribution is 6.21. The van der Waals surface area contributed by atoms with E-state index in [0.29, 0.717) is 17.5 Å². The fourth-order valence-electron chi connectivity index (χ4n) is 6.80. The minimum atomic E-state index is 0.559. The summed E-state index contributed by atoms with van der Waals surface area (Å²) in [5.74, 6) is 1.78. The van der Waals surface area contributed by atoms with Crippen LogP contribution in [-0.4, -0.2) is 15.0 Å². The molecule has 0 aliphatic heterocycles. The molecule has 240 valence electrons. The highest BCUT2D eigenvalue weighted by Gasteiger charge is 2.21. The van der Waals surface area contributed by atoms with Crippen molar-refractivity contribution in [1.82, 2.24) is 15.0 Å². The molecule has 9 aromatic rings. The molecule has 0 unspecified atom stereocenters. The van der Waals surface area contributed by atoms with Gasteiger partial charge in [0.05, 0.1) is 5.56 Å². The van der Waals surface area contributed by atoms with E-state index in [4.69, 9.17) is 19.4 Å². The zero-order valence-corrected chi connectivity index (χ0v) is 27.7. The lowest BCUT2D eigenvalue weighted by atomic mass is 9.94. The van der Waals surface area contributed by atoms with Crippen molar-refractivity contribution < 1.29 is 4.42 Å². The van der Waals surface area contributed by atoms with Crippen molar-refractivity contribution in [2.45, 2.75) is 0 Å². The monoisotopic (exact) mass is 653 g/mol. The summed E-state index contributed by atoms with van der Waals surface area (Å²) in [6.07, 6.45) is 5.81. The van der Waals surface area contributed by atoms with E-state index in [1.807, 2.05) is 66.7 Å². The van der Waals surface area contributed by atoms with Gasteiger partial charge in [-0.05, 0) is 51.4 Å². The summed E-state index contributed by atoms with van der Waals surface area (Å²) in [7, 11) is 0. The molecule has 0 saturated carbocycles. The van der Waals surface area contributed by atoms with Crippen LogP contribution < -0.4 is 0 Å². The predicted molar refractivity (Wildman–Crippen MR) is 211 cm³/mol. The average Bonchev–Trinajstić information content (AvgIpc) is 3.61. The zero-order valence-electron chi connectivity index (χ0n) is 27.7. The number of hydrogen-bond donors (Lipinski definition) is 0. The van der Waals surface area contributed by atoms with Crippen molar-refractivity contribution in [3.05, 3.63) is 182 Å². The molecule has 2 aromatic heterocycles. The first kappa shape index (κ1) is 30.2. The summed E-state index contributed by atoms with van der Waals surface area (Å²) in [6, 6.07) is 54.3. The Morgan fingerprint density at radius 3 is 1.80 bits per heavy atom. The van der Waals surface area contributed by atoms with Crippen molar-refractivity contribution >= 4 is 38.8 Å². The Balaban J connectivity index is 1.26. The van der Waals surface area contributed by atoms with Crippen molar-refractivity contribution in [3.8, 4) is 56.4 Å². The number of hydrogen-bond acceptors (Lipinski definition) is 4. The van der Waals surface area contributed by atoms with Crippen LogP contribution in [0, 0.1) is 0 Å². The van der Waals surface area contributed by atoms with Gasteiger partial charge in [0, 0.05) is 27.3 Å². The maximum Gasteiger partial charge on any atom is 0.167 e. The molecule has 2 heterocycles. The van der Waals surface area contributed by atoms with Crippen LogP contribution in [0.15, 0.2) is 181 Å². The van der Waals surface area contributed by atoms with Gasteiger partial charge in [-0.3, -0.25) is 0 Å². The minimum Gasteiger partial charge on any atom is -0.455 e. The van der Waals surface area contributed by atoms with Gasteiger partial charge in [0.15, 0.2) is 17.5 Å². The summed E-state index contributed by atoms with van der Waals surface area (Å²) in [6.45, 7) is 3.80. The molecule has 4 heteroatoms. The van der Waals surface area contributed by atoms with Crippen LogP contribution in [0.5, 0.6) is 0 Å². The molecule has 0 spiro atoms. The van der Waals surface area contributed by atoms with Crippen LogP contribution in [0.2, 0.25) is 0 Å². The Morgan fingerprint density at radius 1 is 0.451 bits per heavy atom. The molecule has 0 saturated heterocycles. The predicted octanol–water partition coefficient (Wildman–Crippen LogP) is 12.5. The summed E-state index contributed by atoms with van der Waals surface area (Å²) in [5, 5.41) is 4.27. The molecular formula is C47H31N3O. The number of benzene rings is 7. The Hall–Kier alpha value is -6.91. The van der Waals surface area contributed by atoms with Crippen LogP contribution in [0.1, 0.15) is 5.56 Å². The summed E-state index contributed by atoms with van der Waals surface area (Å²) >= 11 is 0. The summed E-state index contributed by atoms with van der Waals surface area (Å²) < 4.78 is 6.93. The molecule has 7 aromatic carbocycles. The van der Waals surface area contributed by atoms with Crippen molar-refractivity contribution in [2.75, 3.05) is 0 Å². The Kier molecular flexibility index (Phi) is 7.60. The third kappa shape index (κ3) is 5.59. The van der Waals surface area contributed by atoms with E-state index < -0.39 is 0 Å². The standard InChI is InChI=1S/C47H31N3O/c1-2-3-13-31-14-12-20-37(30-31)32-22-24-34(25-23-32)38-28-29-41(44-42(38)40-27-26-33-15-10-11-21-39(33)43(40)51-44)47-49-45(35-16-6-4-7-17-35)48-46(50-47)36-18-8-5-9-19-36/h2-30H,1H2/b13-3-. The summed E-state index contributed by atoms with van der Waals surface area (Å²) in [5.41, 5.74) is 9.86. The maximum absolute atomic E-state index is 6.93. The molecule has 0 amide bonds. The molecule has 0 atom stereocenters. The molecule has 0 bridgehead atoms. The SMILES string of the molecule is C=C/C=C\c1cccc(-c2ccc(-c3ccc(-c4nc(-c5ccccc5)nc(-c5ccccc5)n4)c4oc5c6ccccc6ccc5c34)cc2)c1. The molecule has 0 N–H and O–H groups in total. The molecule has 0 aliphatic rings. The fourth-order valence-corrected chi connectivity index (χ4v) is 6.80. The molecular weight excluding hydrogens is 623 g/mol. The second kappa shape index (κ2) is 12.8. The van der Waals surface area contributed by atoms with E-state index in [1.54, 1.807) is 6.08 Å². The third-order valence-electron chi connectivity index (χ3n) is 9.29. The lowest BCUT2D eigenvalue weighted by Crippen LogP contribution is -2.00. The lowest BCUT2D eigenvalue weighted by Gasteiger charge is -2.11. The van der Waals surface area contributed by atoms with Crippen LogP contribution >= 0.6 is 0 Å². The first-order valence-corrected chi connectivity index (χ1v) is 17.0. The zero-order chi connectivity index (χ0) is 34.1. The minimum absolute atomic E-state index is 0.559. The average molecular weight is 654 g/mol. The Bertz CT molecular complexity index is 2690. The van der Waals surface area contributed by atoms with Crippen molar-refractivity contribution in [1.29, 1.82) is 0 Å². The van der Waals surface area contributed by atoms with E-state index in [-0.39, 0.29) is 0 Å². The fraction of sp³-hybridized carbons (Fsp3) is 0. The first-order valence-electron chi connectivity index (χ1n) is 17.0. The van der Waals surface area contributed by atoms with Gasteiger partial charge in [0.1, 0.15) is 11.2 Å². The highest BCUT2D eigenvalue weighted by atomic mass is 16.3. The lowest BCUT2D eigenvalue weighted by molar-refractivity contribution is 0.673. The van der Waals surface area contributed by atoms with Crippen LogP contribution in [0.25, 0.3) is 95.2 Å². The van der Waals surface area contributed by atoms with E-state index in [9.17, 15) is 0 Å². The number of aromatic nitrogens is 3. The van der Waals surface area contributed by atoms with E-state index in [2.05, 4.69) is 110 Å². The maximum atomic E-state index is 6.93. The van der Waals surface area contributed by atoms with Gasteiger partial charge >= 0.3 is 0 Å². The molecule has 9 rings (SSSR count). The smallest absolute Gasteiger partial charge is 0.167 e. The molecule has 0 radical (unpaired) electrons. The van der Waals surface area contributed by atoms with Gasteiger partial charge in [0.25, 0.3) is 0 Å². The van der Waals surface area contributed by atoms with Crippen LogP contribution in [0.4, 0.5) is 0 Å². The van der Waals surface area contributed by atoms with Crippen LogP contribution in [-0.2, 0) is 0 Å². The van der Waals surface area contributed by atoms with E-state index in [1.165, 1.54) is 0 Å². The van der Waals surface area contributed by atoms with Gasteiger partial charge in [-0.25, -0.2) is 15.0 Å². The first-order chi connectivity index (χ1) is 25.2. The largest absolute Gasteiger partial charge is 0.455 e. The number of nitrogens with zero attached hydrogens (tertiary/aromatic N) is 3. The third-order valence-corrected chi connectivity index (χ3v) is 9.29. The number of rotatable bonds is 7. The molecule has 4 nitrogen and oxygen atoms in total. The van der Waals surface area contributed by atoms with Crippen LogP contribution in [0.3, 0.4) is 0 Å². The number of allylic oxidation sites excluding steroid dienone is 2. The summed E-state index contributed by atoms with van der Waals surface area (Å²) in [4.78, 5) is 15.0. The Labute approximate surface area is 295 Å². The number of furan rings is 1. The van der Waals surface area contributed by atoms with E-state index >= 15 is 0 Å². The van der Waals surface area contributed by atoms with E-state index in [0.717, 1.165) is 77.2 Å². The topological polar surface area (TPSA) is 51.8 Å². The molecule has 0 aliphatic carbocycles. The van der Waals surface area contributed by atoms with Gasteiger partial charge in [-0.2, -0.15) is 0 Å².